The number of ether oxygens (including phenoxy) is 3. The van der Waals surface area contributed by atoms with Gasteiger partial charge in [-0.05, 0) is 37.6 Å². The standard InChI is InChI=1S/C23H29N3O4.HI/c1-23(2)13-18(16-8-6-7-9-20(16)30-23)26-22(24-3)25-14-15-10-11-19(28-4)17(12-15)21(27)29-5;/h6-12,18H,13-14H2,1-5H3,(H2,24,25,26);1H. The van der Waals surface area contributed by atoms with E-state index < -0.39 is 5.97 Å². The summed E-state index contributed by atoms with van der Waals surface area (Å²) < 4.78 is 16.2. The van der Waals surface area contributed by atoms with Crippen LogP contribution in [0.4, 0.5) is 0 Å². The average Bonchev–Trinajstić information content (AvgIpc) is 2.74. The van der Waals surface area contributed by atoms with Crippen molar-refractivity contribution >= 4 is 35.9 Å². The Balaban J connectivity index is 0.00000341. The van der Waals surface area contributed by atoms with Crippen LogP contribution in [-0.4, -0.2) is 38.8 Å². The molecule has 0 spiro atoms. The van der Waals surface area contributed by atoms with E-state index in [4.69, 9.17) is 14.2 Å². The Hall–Kier alpha value is -2.49. The molecule has 0 saturated heterocycles. The van der Waals surface area contributed by atoms with Crippen LogP contribution in [0.1, 0.15) is 47.8 Å². The minimum atomic E-state index is -0.433. The summed E-state index contributed by atoms with van der Waals surface area (Å²) in [6.45, 7) is 4.65. The third-order valence-electron chi connectivity index (χ3n) is 5.04. The lowest BCUT2D eigenvalue weighted by Gasteiger charge is -2.38. The Bertz CT molecular complexity index is 946. The number of nitrogens with zero attached hydrogens (tertiary/aromatic N) is 1. The summed E-state index contributed by atoms with van der Waals surface area (Å²) in [7, 11) is 4.62. The maximum Gasteiger partial charge on any atom is 0.341 e. The van der Waals surface area contributed by atoms with Gasteiger partial charge in [0, 0.05) is 25.6 Å². The summed E-state index contributed by atoms with van der Waals surface area (Å²) >= 11 is 0. The zero-order valence-corrected chi connectivity index (χ0v) is 20.9. The molecule has 1 aliphatic heterocycles. The third kappa shape index (κ3) is 6.03. The van der Waals surface area contributed by atoms with Crippen LogP contribution in [0.2, 0.25) is 0 Å². The van der Waals surface area contributed by atoms with Crippen LogP contribution in [0, 0.1) is 0 Å². The first-order chi connectivity index (χ1) is 14.4. The Morgan fingerprint density at radius 3 is 2.65 bits per heavy atom. The van der Waals surface area contributed by atoms with Gasteiger partial charge in [0.25, 0.3) is 0 Å². The van der Waals surface area contributed by atoms with E-state index in [1.54, 1.807) is 19.2 Å². The van der Waals surface area contributed by atoms with Crippen LogP contribution < -0.4 is 20.1 Å². The molecule has 0 amide bonds. The highest BCUT2D eigenvalue weighted by Crippen LogP contribution is 2.39. The molecule has 0 aromatic heterocycles. The van der Waals surface area contributed by atoms with Gasteiger partial charge in [-0.3, -0.25) is 4.99 Å². The number of hydrogen-bond acceptors (Lipinski definition) is 5. The Morgan fingerprint density at radius 1 is 1.23 bits per heavy atom. The number of hydrogen-bond donors (Lipinski definition) is 2. The predicted molar refractivity (Wildman–Crippen MR) is 132 cm³/mol. The molecule has 0 saturated carbocycles. The highest BCUT2D eigenvalue weighted by atomic mass is 127. The van der Waals surface area contributed by atoms with Gasteiger partial charge in [0.2, 0.25) is 0 Å². The summed E-state index contributed by atoms with van der Waals surface area (Å²) in [6, 6.07) is 13.5. The Labute approximate surface area is 200 Å². The van der Waals surface area contributed by atoms with Crippen LogP contribution >= 0.6 is 24.0 Å². The molecule has 1 atom stereocenters. The quantitative estimate of drug-likeness (QED) is 0.258. The van der Waals surface area contributed by atoms with Gasteiger partial charge in [-0.15, -0.1) is 24.0 Å². The normalized spacial score (nSPS) is 16.8. The fourth-order valence-electron chi connectivity index (χ4n) is 3.61. The van der Waals surface area contributed by atoms with Crippen molar-refractivity contribution in [3.05, 3.63) is 59.2 Å². The van der Waals surface area contributed by atoms with E-state index in [9.17, 15) is 4.79 Å². The zero-order chi connectivity index (χ0) is 21.7. The smallest absolute Gasteiger partial charge is 0.341 e. The fourth-order valence-corrected chi connectivity index (χ4v) is 3.61. The number of guanidine groups is 1. The molecule has 0 radical (unpaired) electrons. The van der Waals surface area contributed by atoms with Gasteiger partial charge in [-0.1, -0.05) is 24.3 Å². The minimum Gasteiger partial charge on any atom is -0.496 e. The lowest BCUT2D eigenvalue weighted by atomic mass is 9.90. The number of fused-ring (bicyclic) bond motifs is 1. The maximum atomic E-state index is 12.0. The number of benzene rings is 2. The lowest BCUT2D eigenvalue weighted by Crippen LogP contribution is -2.45. The zero-order valence-electron chi connectivity index (χ0n) is 18.5. The van der Waals surface area contributed by atoms with Crippen LogP contribution in [0.25, 0.3) is 0 Å². The van der Waals surface area contributed by atoms with E-state index in [2.05, 4.69) is 35.5 Å². The topological polar surface area (TPSA) is 81.2 Å². The number of halogens is 1. The molecule has 2 N–H and O–H groups in total. The van der Waals surface area contributed by atoms with Crippen molar-refractivity contribution in [2.45, 2.75) is 38.5 Å². The van der Waals surface area contributed by atoms with Gasteiger partial charge < -0.3 is 24.8 Å². The summed E-state index contributed by atoms with van der Waals surface area (Å²) in [5.41, 5.74) is 2.13. The molecule has 1 unspecified atom stereocenters. The molecule has 31 heavy (non-hydrogen) atoms. The molecule has 8 heteroatoms. The molecule has 2 aromatic carbocycles. The van der Waals surface area contributed by atoms with E-state index >= 15 is 0 Å². The monoisotopic (exact) mass is 539 g/mol. The molecular weight excluding hydrogens is 509 g/mol. The van der Waals surface area contributed by atoms with Crippen molar-refractivity contribution in [2.24, 2.45) is 4.99 Å². The SMILES string of the molecule is CN=C(NCc1ccc(OC)c(C(=O)OC)c1)NC1CC(C)(C)Oc2ccccc21.I. The van der Waals surface area contributed by atoms with Crippen molar-refractivity contribution in [3.8, 4) is 11.5 Å². The second kappa shape index (κ2) is 10.7. The number of nitrogens with one attached hydrogen (secondary N) is 2. The van der Waals surface area contributed by atoms with Crippen LogP contribution in [0.3, 0.4) is 0 Å². The van der Waals surface area contributed by atoms with Crippen LogP contribution in [-0.2, 0) is 11.3 Å². The second-order valence-electron chi connectivity index (χ2n) is 7.75. The van der Waals surface area contributed by atoms with Gasteiger partial charge in [-0.2, -0.15) is 0 Å². The van der Waals surface area contributed by atoms with Crippen molar-refractivity contribution in [1.29, 1.82) is 0 Å². The van der Waals surface area contributed by atoms with E-state index in [1.165, 1.54) is 14.2 Å². The molecular formula is C23H30IN3O4. The van der Waals surface area contributed by atoms with Crippen molar-refractivity contribution < 1.29 is 19.0 Å². The summed E-state index contributed by atoms with van der Waals surface area (Å²) in [5, 5.41) is 6.82. The van der Waals surface area contributed by atoms with Crippen LogP contribution in [0.15, 0.2) is 47.5 Å². The van der Waals surface area contributed by atoms with Crippen LogP contribution in [0.5, 0.6) is 11.5 Å². The first kappa shape index (κ1) is 24.8. The van der Waals surface area contributed by atoms with Gasteiger partial charge in [0.1, 0.15) is 22.7 Å². The maximum absolute atomic E-state index is 12.0. The molecule has 1 heterocycles. The van der Waals surface area contributed by atoms with Crippen molar-refractivity contribution in [1.82, 2.24) is 10.6 Å². The highest BCUT2D eigenvalue weighted by Gasteiger charge is 2.33. The molecule has 0 fully saturated rings. The lowest BCUT2D eigenvalue weighted by molar-refractivity contribution is 0.0596. The van der Waals surface area contributed by atoms with E-state index in [1.807, 2.05) is 24.3 Å². The highest BCUT2D eigenvalue weighted by molar-refractivity contribution is 14.0. The number of methoxy groups -OCH3 is 2. The van der Waals surface area contributed by atoms with Gasteiger partial charge in [-0.25, -0.2) is 4.79 Å². The molecule has 2 aromatic rings. The van der Waals surface area contributed by atoms with Crippen molar-refractivity contribution in [2.75, 3.05) is 21.3 Å². The number of carbonyl (C=O) groups excluding carboxylic acids is 1. The number of para-hydroxylation sites is 1. The Morgan fingerprint density at radius 2 is 1.97 bits per heavy atom. The average molecular weight is 539 g/mol. The van der Waals surface area contributed by atoms with E-state index in [0.29, 0.717) is 23.8 Å². The van der Waals surface area contributed by atoms with E-state index in [0.717, 1.165) is 23.3 Å². The van der Waals surface area contributed by atoms with Gasteiger partial charge in [0.15, 0.2) is 5.96 Å². The molecule has 3 rings (SSSR count). The fraction of sp³-hybridized carbons (Fsp3) is 0.391. The summed E-state index contributed by atoms with van der Waals surface area (Å²) in [6.07, 6.45) is 0.805. The Kier molecular flexibility index (Phi) is 8.55. The summed E-state index contributed by atoms with van der Waals surface area (Å²) in [4.78, 5) is 16.4. The molecule has 0 aliphatic carbocycles. The first-order valence-corrected chi connectivity index (χ1v) is 9.87. The molecule has 0 bridgehead atoms. The first-order valence-electron chi connectivity index (χ1n) is 9.87. The molecule has 168 valence electrons. The predicted octanol–water partition coefficient (Wildman–Crippen LogP) is 4.07. The number of aliphatic imine (C=N–C) groups is 1. The second-order valence-corrected chi connectivity index (χ2v) is 7.75. The molecule has 1 aliphatic rings. The van der Waals surface area contributed by atoms with Gasteiger partial charge >= 0.3 is 5.97 Å². The number of rotatable bonds is 5. The number of carbonyl (C=O) groups is 1. The minimum absolute atomic E-state index is 0. The largest absolute Gasteiger partial charge is 0.496 e. The van der Waals surface area contributed by atoms with Crippen molar-refractivity contribution in [3.63, 3.8) is 0 Å². The third-order valence-corrected chi connectivity index (χ3v) is 5.04. The van der Waals surface area contributed by atoms with E-state index in [-0.39, 0.29) is 35.6 Å². The number of esters is 1. The molecule has 7 nitrogen and oxygen atoms in total. The summed E-state index contributed by atoms with van der Waals surface area (Å²) in [5.74, 6) is 1.61. The van der Waals surface area contributed by atoms with Gasteiger partial charge in [0.05, 0.1) is 20.3 Å².